The van der Waals surface area contributed by atoms with Gasteiger partial charge in [0.2, 0.25) is 0 Å². The van der Waals surface area contributed by atoms with E-state index in [1.807, 2.05) is 24.3 Å². The minimum absolute atomic E-state index is 0.420. The molecular weight excluding hydrogens is 330 g/mol. The standard InChI is InChI=1S/C17H14BrNO2/c1-2-11-3-5-12(6-4-11)10-19-15-8-7-13(18)9-14(15)16(20)17(19)21/h3-9H,2,10H2,1H3. The molecule has 0 radical (unpaired) electrons. The average Bonchev–Trinajstić information content (AvgIpc) is 2.73. The van der Waals surface area contributed by atoms with Crippen molar-refractivity contribution in [3.05, 3.63) is 63.6 Å². The number of amides is 1. The fraction of sp³-hybridized carbons (Fsp3) is 0.176. The first-order valence-corrected chi connectivity index (χ1v) is 7.63. The van der Waals surface area contributed by atoms with Gasteiger partial charge >= 0.3 is 0 Å². The van der Waals surface area contributed by atoms with E-state index >= 15 is 0 Å². The molecule has 21 heavy (non-hydrogen) atoms. The third-order valence-electron chi connectivity index (χ3n) is 3.71. The number of halogens is 1. The molecule has 0 aromatic heterocycles. The maximum Gasteiger partial charge on any atom is 0.299 e. The number of anilines is 1. The molecule has 0 aliphatic carbocycles. The Bertz CT molecular complexity index is 722. The van der Waals surface area contributed by atoms with Crippen LogP contribution in [0.2, 0.25) is 0 Å². The summed E-state index contributed by atoms with van der Waals surface area (Å²) in [5.74, 6) is -0.890. The normalized spacial score (nSPS) is 13.7. The van der Waals surface area contributed by atoms with Crippen molar-refractivity contribution in [3.8, 4) is 0 Å². The predicted molar refractivity (Wildman–Crippen MR) is 85.5 cm³/mol. The van der Waals surface area contributed by atoms with Crippen LogP contribution in [0.15, 0.2) is 46.9 Å². The Hall–Kier alpha value is -1.94. The summed E-state index contributed by atoms with van der Waals surface area (Å²) in [6, 6.07) is 13.5. The third-order valence-corrected chi connectivity index (χ3v) is 4.20. The molecule has 4 heteroatoms. The highest BCUT2D eigenvalue weighted by atomic mass is 79.9. The predicted octanol–water partition coefficient (Wildman–Crippen LogP) is 3.74. The van der Waals surface area contributed by atoms with Crippen LogP contribution in [0.1, 0.15) is 28.4 Å². The molecular formula is C17H14BrNO2. The maximum absolute atomic E-state index is 12.2. The maximum atomic E-state index is 12.2. The molecule has 3 rings (SSSR count). The third kappa shape index (κ3) is 2.51. The SMILES string of the molecule is CCc1ccc(CN2C(=O)C(=O)c3cc(Br)ccc32)cc1. The van der Waals surface area contributed by atoms with Crippen molar-refractivity contribution in [2.24, 2.45) is 0 Å². The molecule has 2 aromatic rings. The van der Waals surface area contributed by atoms with E-state index in [4.69, 9.17) is 0 Å². The van der Waals surface area contributed by atoms with Crippen LogP contribution in [-0.4, -0.2) is 11.7 Å². The minimum Gasteiger partial charge on any atom is -0.300 e. The average molecular weight is 344 g/mol. The van der Waals surface area contributed by atoms with Gasteiger partial charge in [0.1, 0.15) is 0 Å². The van der Waals surface area contributed by atoms with E-state index in [0.717, 1.165) is 16.5 Å². The number of Topliss-reactive ketones (excluding diaryl/α,β-unsaturated/α-hetero) is 1. The Kier molecular flexibility index (Phi) is 3.64. The second kappa shape index (κ2) is 5.45. The van der Waals surface area contributed by atoms with E-state index in [0.29, 0.717) is 17.8 Å². The summed E-state index contributed by atoms with van der Waals surface area (Å²) in [7, 11) is 0. The molecule has 106 valence electrons. The van der Waals surface area contributed by atoms with Crippen molar-refractivity contribution < 1.29 is 9.59 Å². The lowest BCUT2D eigenvalue weighted by atomic mass is 10.1. The molecule has 0 saturated carbocycles. The van der Waals surface area contributed by atoms with E-state index < -0.39 is 11.7 Å². The van der Waals surface area contributed by atoms with E-state index in [9.17, 15) is 9.59 Å². The highest BCUT2D eigenvalue weighted by Crippen LogP contribution is 2.32. The quantitative estimate of drug-likeness (QED) is 0.796. The Morgan fingerprint density at radius 1 is 1.00 bits per heavy atom. The Balaban J connectivity index is 1.92. The minimum atomic E-state index is -0.456. The van der Waals surface area contributed by atoms with Crippen molar-refractivity contribution >= 4 is 33.3 Å². The molecule has 1 aliphatic heterocycles. The summed E-state index contributed by atoms with van der Waals surface area (Å²) in [5.41, 5.74) is 3.43. The van der Waals surface area contributed by atoms with Crippen LogP contribution < -0.4 is 4.90 Å². The molecule has 0 saturated heterocycles. The van der Waals surface area contributed by atoms with Crippen LogP contribution in [-0.2, 0) is 17.8 Å². The first kappa shape index (κ1) is 14.0. The molecule has 1 amide bonds. The van der Waals surface area contributed by atoms with Gasteiger partial charge in [-0.25, -0.2) is 0 Å². The number of benzene rings is 2. The summed E-state index contributed by atoms with van der Waals surface area (Å²) in [5, 5.41) is 0. The van der Waals surface area contributed by atoms with Crippen molar-refractivity contribution in [1.29, 1.82) is 0 Å². The van der Waals surface area contributed by atoms with Crippen LogP contribution in [0.4, 0.5) is 5.69 Å². The molecule has 1 heterocycles. The number of aryl methyl sites for hydroxylation is 1. The second-order valence-electron chi connectivity index (χ2n) is 5.05. The highest BCUT2D eigenvalue weighted by Gasteiger charge is 2.35. The van der Waals surface area contributed by atoms with Gasteiger partial charge in [-0.05, 0) is 35.7 Å². The molecule has 0 fully saturated rings. The number of fused-ring (bicyclic) bond motifs is 1. The van der Waals surface area contributed by atoms with Crippen molar-refractivity contribution in [2.45, 2.75) is 19.9 Å². The van der Waals surface area contributed by atoms with Gasteiger partial charge in [-0.3, -0.25) is 9.59 Å². The van der Waals surface area contributed by atoms with E-state index in [1.54, 1.807) is 11.0 Å². The van der Waals surface area contributed by atoms with Crippen LogP contribution in [0.25, 0.3) is 0 Å². The number of hydrogen-bond donors (Lipinski definition) is 0. The summed E-state index contributed by atoms with van der Waals surface area (Å²) in [6.45, 7) is 2.52. The van der Waals surface area contributed by atoms with Gasteiger partial charge in [0.15, 0.2) is 0 Å². The number of nitrogens with zero attached hydrogens (tertiary/aromatic N) is 1. The second-order valence-corrected chi connectivity index (χ2v) is 5.97. The smallest absolute Gasteiger partial charge is 0.299 e. The molecule has 0 unspecified atom stereocenters. The van der Waals surface area contributed by atoms with Crippen molar-refractivity contribution in [1.82, 2.24) is 0 Å². The van der Waals surface area contributed by atoms with E-state index in [1.165, 1.54) is 5.56 Å². The summed E-state index contributed by atoms with van der Waals surface area (Å²) < 4.78 is 0.802. The van der Waals surface area contributed by atoms with Gasteiger partial charge in [-0.15, -0.1) is 0 Å². The summed E-state index contributed by atoms with van der Waals surface area (Å²) >= 11 is 3.33. The van der Waals surface area contributed by atoms with E-state index in [-0.39, 0.29) is 0 Å². The van der Waals surface area contributed by atoms with Gasteiger partial charge in [-0.1, -0.05) is 47.1 Å². The zero-order valence-electron chi connectivity index (χ0n) is 11.6. The topological polar surface area (TPSA) is 37.4 Å². The van der Waals surface area contributed by atoms with Crippen LogP contribution in [0, 0.1) is 0 Å². The zero-order chi connectivity index (χ0) is 15.0. The summed E-state index contributed by atoms with van der Waals surface area (Å²) in [4.78, 5) is 25.7. The highest BCUT2D eigenvalue weighted by molar-refractivity contribution is 9.10. The Morgan fingerprint density at radius 2 is 1.67 bits per heavy atom. The molecule has 0 bridgehead atoms. The monoisotopic (exact) mass is 343 g/mol. The van der Waals surface area contributed by atoms with Crippen LogP contribution in [0.5, 0.6) is 0 Å². The van der Waals surface area contributed by atoms with Crippen molar-refractivity contribution in [3.63, 3.8) is 0 Å². The van der Waals surface area contributed by atoms with Crippen LogP contribution in [0.3, 0.4) is 0 Å². The number of ketones is 1. The number of carbonyl (C=O) groups is 2. The molecule has 3 nitrogen and oxygen atoms in total. The largest absolute Gasteiger partial charge is 0.300 e. The molecule has 0 spiro atoms. The lowest BCUT2D eigenvalue weighted by Gasteiger charge is -2.16. The molecule has 0 atom stereocenters. The lowest BCUT2D eigenvalue weighted by molar-refractivity contribution is -0.114. The van der Waals surface area contributed by atoms with E-state index in [2.05, 4.69) is 35.0 Å². The first-order chi connectivity index (χ1) is 10.1. The Morgan fingerprint density at radius 3 is 2.33 bits per heavy atom. The molecule has 1 aliphatic rings. The number of rotatable bonds is 3. The number of carbonyl (C=O) groups excluding carboxylic acids is 2. The van der Waals surface area contributed by atoms with Gasteiger partial charge in [0, 0.05) is 4.47 Å². The fourth-order valence-corrected chi connectivity index (χ4v) is 2.85. The number of hydrogen-bond acceptors (Lipinski definition) is 2. The summed E-state index contributed by atoms with van der Waals surface area (Å²) in [6.07, 6.45) is 0.984. The van der Waals surface area contributed by atoms with Gasteiger partial charge < -0.3 is 4.90 Å². The zero-order valence-corrected chi connectivity index (χ0v) is 13.2. The molecule has 2 aromatic carbocycles. The van der Waals surface area contributed by atoms with Gasteiger partial charge in [-0.2, -0.15) is 0 Å². The Labute approximate surface area is 131 Å². The molecule has 0 N–H and O–H groups in total. The fourth-order valence-electron chi connectivity index (χ4n) is 2.49. The van der Waals surface area contributed by atoms with Crippen LogP contribution >= 0.6 is 15.9 Å². The van der Waals surface area contributed by atoms with Crippen molar-refractivity contribution in [2.75, 3.05) is 4.90 Å². The first-order valence-electron chi connectivity index (χ1n) is 6.83. The van der Waals surface area contributed by atoms with Gasteiger partial charge in [0.25, 0.3) is 11.7 Å². The lowest BCUT2D eigenvalue weighted by Crippen LogP contribution is -2.29. The van der Waals surface area contributed by atoms with Gasteiger partial charge in [0.05, 0.1) is 17.8 Å².